The van der Waals surface area contributed by atoms with Crippen molar-refractivity contribution < 1.29 is 23.9 Å². The highest BCUT2D eigenvalue weighted by Crippen LogP contribution is 2.18. The topological polar surface area (TPSA) is 85.5 Å². The van der Waals surface area contributed by atoms with Crippen molar-refractivity contribution in [2.45, 2.75) is 27.7 Å². The Morgan fingerprint density at radius 2 is 1.80 bits per heavy atom. The van der Waals surface area contributed by atoms with E-state index in [-0.39, 0.29) is 24.8 Å². The summed E-state index contributed by atoms with van der Waals surface area (Å²) < 4.78 is 9.68. The van der Waals surface area contributed by atoms with Crippen LogP contribution in [0.2, 0.25) is 0 Å². The number of ether oxygens (including phenoxy) is 2. The van der Waals surface area contributed by atoms with E-state index in [0.29, 0.717) is 29.1 Å². The minimum atomic E-state index is -0.590. The van der Waals surface area contributed by atoms with Gasteiger partial charge in [-0.2, -0.15) is 0 Å². The van der Waals surface area contributed by atoms with Crippen LogP contribution < -0.4 is 0 Å². The van der Waals surface area contributed by atoms with Gasteiger partial charge in [-0.1, -0.05) is 0 Å². The van der Waals surface area contributed by atoms with Crippen molar-refractivity contribution in [1.29, 1.82) is 0 Å². The highest BCUT2D eigenvalue weighted by molar-refractivity contribution is 6.04. The Labute approximate surface area is 117 Å². The van der Waals surface area contributed by atoms with Gasteiger partial charge in [0.25, 0.3) is 0 Å². The number of rotatable bonds is 7. The molecule has 0 aliphatic carbocycles. The van der Waals surface area contributed by atoms with Crippen molar-refractivity contribution in [2.75, 3.05) is 19.8 Å². The summed E-state index contributed by atoms with van der Waals surface area (Å²) in [7, 11) is 0. The molecule has 110 valence electrons. The molecule has 1 aromatic rings. The second-order valence-electron chi connectivity index (χ2n) is 4.40. The average Bonchev–Trinajstić information content (AvgIpc) is 2.68. The van der Waals surface area contributed by atoms with Crippen LogP contribution in [0.5, 0.6) is 0 Å². The fourth-order valence-corrected chi connectivity index (χ4v) is 2.00. The van der Waals surface area contributed by atoms with Crippen LogP contribution in [-0.4, -0.2) is 42.3 Å². The first kappa shape index (κ1) is 16.1. The van der Waals surface area contributed by atoms with Crippen molar-refractivity contribution in [3.05, 3.63) is 22.5 Å². The Morgan fingerprint density at radius 1 is 1.15 bits per heavy atom. The molecule has 1 rings (SSSR count). The summed E-state index contributed by atoms with van der Waals surface area (Å²) in [4.78, 5) is 37.6. The molecule has 6 nitrogen and oxygen atoms in total. The van der Waals surface area contributed by atoms with E-state index in [1.54, 1.807) is 20.8 Å². The van der Waals surface area contributed by atoms with Gasteiger partial charge >= 0.3 is 5.97 Å². The van der Waals surface area contributed by atoms with Gasteiger partial charge in [-0.05, 0) is 33.3 Å². The number of carbonyl (C=O) groups excluding carboxylic acids is 3. The highest BCUT2D eigenvalue weighted by atomic mass is 16.6. The van der Waals surface area contributed by atoms with Gasteiger partial charge in [0.2, 0.25) is 5.78 Å². The third kappa shape index (κ3) is 3.77. The Hall–Kier alpha value is -1.95. The predicted octanol–water partition coefficient (Wildman–Crippen LogP) is 1.60. The number of hydrogen-bond acceptors (Lipinski definition) is 5. The lowest BCUT2D eigenvalue weighted by molar-refractivity contribution is -0.147. The zero-order chi connectivity index (χ0) is 15.3. The molecule has 0 bridgehead atoms. The Morgan fingerprint density at radius 3 is 2.30 bits per heavy atom. The molecule has 0 aliphatic rings. The fraction of sp³-hybridized carbons (Fsp3) is 0.500. The summed E-state index contributed by atoms with van der Waals surface area (Å²) in [6.07, 6.45) is 0. The maximum Gasteiger partial charge on any atom is 0.332 e. The highest BCUT2D eigenvalue weighted by Gasteiger charge is 2.20. The summed E-state index contributed by atoms with van der Waals surface area (Å²) in [5, 5.41) is 0. The lowest BCUT2D eigenvalue weighted by Gasteiger charge is -2.04. The Balaban J connectivity index is 2.72. The Kier molecular flexibility index (Phi) is 5.64. The SMILES string of the molecule is CCOCC(=O)OCC(=O)c1[nH]c(C)c(C(C)=O)c1C. The van der Waals surface area contributed by atoms with Gasteiger partial charge in [0, 0.05) is 17.9 Å². The van der Waals surface area contributed by atoms with Crippen LogP contribution in [0.3, 0.4) is 0 Å². The number of nitrogens with one attached hydrogen (secondary N) is 1. The summed E-state index contributed by atoms with van der Waals surface area (Å²) in [5.74, 6) is -1.07. The van der Waals surface area contributed by atoms with Crippen LogP contribution in [0.4, 0.5) is 0 Å². The molecule has 0 fully saturated rings. The zero-order valence-electron chi connectivity index (χ0n) is 12.2. The molecule has 0 aromatic carbocycles. The lowest BCUT2D eigenvalue weighted by Crippen LogP contribution is -2.18. The minimum absolute atomic E-state index is 0.108. The summed E-state index contributed by atoms with van der Waals surface area (Å²) in [6.45, 7) is 6.47. The van der Waals surface area contributed by atoms with E-state index in [9.17, 15) is 14.4 Å². The predicted molar refractivity (Wildman–Crippen MR) is 72.1 cm³/mol. The van der Waals surface area contributed by atoms with Gasteiger partial charge in [-0.3, -0.25) is 9.59 Å². The van der Waals surface area contributed by atoms with Crippen LogP contribution in [0, 0.1) is 13.8 Å². The van der Waals surface area contributed by atoms with E-state index in [2.05, 4.69) is 4.98 Å². The molecule has 20 heavy (non-hydrogen) atoms. The minimum Gasteiger partial charge on any atom is -0.456 e. The van der Waals surface area contributed by atoms with Crippen molar-refractivity contribution in [3.8, 4) is 0 Å². The molecule has 0 unspecified atom stereocenters. The quantitative estimate of drug-likeness (QED) is 0.606. The number of ketones is 2. The second-order valence-corrected chi connectivity index (χ2v) is 4.40. The monoisotopic (exact) mass is 281 g/mol. The molecule has 1 heterocycles. The molecular weight excluding hydrogens is 262 g/mol. The average molecular weight is 281 g/mol. The number of H-pyrrole nitrogens is 1. The smallest absolute Gasteiger partial charge is 0.332 e. The summed E-state index contributed by atoms with van der Waals surface area (Å²) in [5.41, 5.74) is 2.03. The van der Waals surface area contributed by atoms with E-state index in [1.165, 1.54) is 6.92 Å². The van der Waals surface area contributed by atoms with E-state index < -0.39 is 5.97 Å². The van der Waals surface area contributed by atoms with E-state index in [1.807, 2.05) is 0 Å². The first-order valence-electron chi connectivity index (χ1n) is 6.35. The van der Waals surface area contributed by atoms with Crippen LogP contribution >= 0.6 is 0 Å². The first-order valence-corrected chi connectivity index (χ1v) is 6.35. The summed E-state index contributed by atoms with van der Waals surface area (Å²) in [6, 6.07) is 0. The molecule has 0 amide bonds. The van der Waals surface area contributed by atoms with Crippen molar-refractivity contribution >= 4 is 17.5 Å². The van der Waals surface area contributed by atoms with Crippen molar-refractivity contribution in [2.24, 2.45) is 0 Å². The molecule has 0 saturated carbocycles. The van der Waals surface area contributed by atoms with Crippen LogP contribution in [0.1, 0.15) is 46.0 Å². The van der Waals surface area contributed by atoms with Gasteiger partial charge in [0.1, 0.15) is 6.61 Å². The maximum absolute atomic E-state index is 12.0. The molecular formula is C14H19NO5. The van der Waals surface area contributed by atoms with Gasteiger partial charge in [-0.25, -0.2) is 4.79 Å². The van der Waals surface area contributed by atoms with Gasteiger partial charge in [-0.15, -0.1) is 0 Å². The second kappa shape index (κ2) is 7.00. The molecule has 0 spiro atoms. The maximum atomic E-state index is 12.0. The van der Waals surface area contributed by atoms with E-state index >= 15 is 0 Å². The first-order chi connectivity index (χ1) is 9.38. The number of esters is 1. The number of aromatic amines is 1. The van der Waals surface area contributed by atoms with Crippen molar-refractivity contribution in [3.63, 3.8) is 0 Å². The van der Waals surface area contributed by atoms with Gasteiger partial charge in [0.15, 0.2) is 12.4 Å². The number of carbonyl (C=O) groups is 3. The molecule has 6 heteroatoms. The molecule has 1 N–H and O–H groups in total. The number of aryl methyl sites for hydroxylation is 1. The van der Waals surface area contributed by atoms with Crippen LogP contribution in [0.25, 0.3) is 0 Å². The lowest BCUT2D eigenvalue weighted by atomic mass is 10.1. The zero-order valence-corrected chi connectivity index (χ0v) is 12.2. The van der Waals surface area contributed by atoms with E-state index in [0.717, 1.165) is 0 Å². The van der Waals surface area contributed by atoms with Gasteiger partial charge in [0.05, 0.1) is 5.69 Å². The van der Waals surface area contributed by atoms with Crippen LogP contribution in [0.15, 0.2) is 0 Å². The standard InChI is InChI=1S/C14H19NO5/c1-5-19-7-12(18)20-6-11(17)14-8(2)13(10(4)16)9(3)15-14/h15H,5-7H2,1-4H3. The fourth-order valence-electron chi connectivity index (χ4n) is 2.00. The molecule has 1 aromatic heterocycles. The third-order valence-corrected chi connectivity index (χ3v) is 2.86. The van der Waals surface area contributed by atoms with E-state index in [4.69, 9.17) is 9.47 Å². The number of hydrogen-bond donors (Lipinski definition) is 1. The third-order valence-electron chi connectivity index (χ3n) is 2.86. The largest absolute Gasteiger partial charge is 0.456 e. The molecule has 0 saturated heterocycles. The normalized spacial score (nSPS) is 10.4. The summed E-state index contributed by atoms with van der Waals surface area (Å²) >= 11 is 0. The number of aromatic nitrogens is 1. The van der Waals surface area contributed by atoms with Crippen LogP contribution in [-0.2, 0) is 14.3 Å². The van der Waals surface area contributed by atoms with Crippen molar-refractivity contribution in [1.82, 2.24) is 4.98 Å². The Bertz CT molecular complexity index is 530. The molecule has 0 radical (unpaired) electrons. The molecule has 0 aliphatic heterocycles. The van der Waals surface area contributed by atoms with Gasteiger partial charge < -0.3 is 14.5 Å². The number of Topliss-reactive ketones (excluding diaryl/α,β-unsaturated/α-hetero) is 2. The molecule has 0 atom stereocenters.